The van der Waals surface area contributed by atoms with Crippen LogP contribution in [0.15, 0.2) is 61.6 Å². The maximum atomic E-state index is 14.9. The van der Waals surface area contributed by atoms with E-state index in [0.717, 1.165) is 29.0 Å². The Labute approximate surface area is 189 Å². The third-order valence-corrected chi connectivity index (χ3v) is 8.07. The highest BCUT2D eigenvalue weighted by Gasteiger charge is 2.23. The second-order valence-corrected chi connectivity index (χ2v) is 10.6. The monoisotopic (exact) mass is 490 g/mol. The van der Waals surface area contributed by atoms with Crippen LogP contribution in [0.4, 0.5) is 8.78 Å². The quantitative estimate of drug-likeness (QED) is 0.447. The molecule has 4 aromatic rings. The Morgan fingerprint density at radius 3 is 2.42 bits per heavy atom. The smallest absolute Gasteiger partial charge is 0.306 e. The fourth-order valence-corrected chi connectivity index (χ4v) is 5.80. The highest BCUT2D eigenvalue weighted by Crippen LogP contribution is 2.21. The van der Waals surface area contributed by atoms with Gasteiger partial charge < -0.3 is 4.98 Å². The van der Waals surface area contributed by atoms with Crippen LogP contribution in [0.5, 0.6) is 0 Å². The molecule has 33 heavy (non-hydrogen) atoms. The van der Waals surface area contributed by atoms with Crippen molar-refractivity contribution in [1.82, 2.24) is 9.55 Å². The SMILES string of the molecule is Cc1ccc2c(=O)n(-c3c(F)cc(CC(=O)CS(=O)(=O)c4cccs4)cc3F)c(=O)[nH]c2c1. The molecule has 0 aliphatic rings. The van der Waals surface area contributed by atoms with Crippen LogP contribution in [0, 0.1) is 18.6 Å². The van der Waals surface area contributed by atoms with Gasteiger partial charge in [0, 0.05) is 6.42 Å². The lowest BCUT2D eigenvalue weighted by atomic mass is 10.1. The lowest BCUT2D eigenvalue weighted by Gasteiger charge is -2.11. The van der Waals surface area contributed by atoms with Crippen molar-refractivity contribution < 1.29 is 22.0 Å². The fourth-order valence-electron chi connectivity index (χ4n) is 3.47. The van der Waals surface area contributed by atoms with Gasteiger partial charge in [0.25, 0.3) is 5.56 Å². The van der Waals surface area contributed by atoms with Crippen molar-refractivity contribution in [2.75, 3.05) is 5.75 Å². The summed E-state index contributed by atoms with van der Waals surface area (Å²) in [5.74, 6) is -4.05. The van der Waals surface area contributed by atoms with Crippen LogP contribution in [-0.2, 0) is 21.1 Å². The summed E-state index contributed by atoms with van der Waals surface area (Å²) in [6.45, 7) is 1.76. The Bertz CT molecular complexity index is 1600. The van der Waals surface area contributed by atoms with E-state index in [0.29, 0.717) is 4.57 Å². The molecule has 0 radical (unpaired) electrons. The van der Waals surface area contributed by atoms with Crippen molar-refractivity contribution in [3.8, 4) is 5.69 Å². The molecule has 0 fully saturated rings. The number of aromatic nitrogens is 2. The van der Waals surface area contributed by atoms with Gasteiger partial charge in [0.15, 0.2) is 27.3 Å². The Balaban J connectivity index is 1.69. The number of thiophene rings is 1. The number of ketones is 1. The Hall–Kier alpha value is -3.44. The minimum Gasteiger partial charge on any atom is -0.306 e. The number of fused-ring (bicyclic) bond motifs is 1. The average molecular weight is 491 g/mol. The molecule has 4 rings (SSSR count). The third-order valence-electron chi connectivity index (χ3n) is 4.91. The van der Waals surface area contributed by atoms with Gasteiger partial charge in [-0.3, -0.25) is 9.59 Å². The highest BCUT2D eigenvalue weighted by molar-refractivity contribution is 7.94. The zero-order valence-corrected chi connectivity index (χ0v) is 18.7. The summed E-state index contributed by atoms with van der Waals surface area (Å²) in [5, 5.41) is 1.62. The van der Waals surface area contributed by atoms with E-state index in [-0.39, 0.29) is 20.7 Å². The number of hydrogen-bond acceptors (Lipinski definition) is 6. The molecule has 0 atom stereocenters. The van der Waals surface area contributed by atoms with Crippen molar-refractivity contribution in [1.29, 1.82) is 0 Å². The summed E-state index contributed by atoms with van der Waals surface area (Å²) >= 11 is 0.962. The molecule has 7 nitrogen and oxygen atoms in total. The Morgan fingerprint density at radius 2 is 1.79 bits per heavy atom. The number of hydrogen-bond donors (Lipinski definition) is 1. The first-order chi connectivity index (χ1) is 15.6. The van der Waals surface area contributed by atoms with E-state index in [1.54, 1.807) is 24.4 Å². The van der Waals surface area contributed by atoms with Gasteiger partial charge in [0.1, 0.15) is 15.6 Å². The van der Waals surface area contributed by atoms with Crippen molar-refractivity contribution in [2.45, 2.75) is 17.6 Å². The van der Waals surface area contributed by atoms with Gasteiger partial charge in [-0.05, 0) is 53.8 Å². The van der Waals surface area contributed by atoms with Gasteiger partial charge in [-0.1, -0.05) is 12.1 Å². The number of aromatic amines is 1. The summed E-state index contributed by atoms with van der Waals surface area (Å²) in [5.41, 5.74) is -1.93. The van der Waals surface area contributed by atoms with E-state index in [4.69, 9.17) is 0 Å². The fraction of sp³-hybridized carbons (Fsp3) is 0.136. The van der Waals surface area contributed by atoms with Crippen LogP contribution < -0.4 is 11.2 Å². The molecule has 2 heterocycles. The number of aryl methyl sites for hydroxylation is 1. The van der Waals surface area contributed by atoms with E-state index in [2.05, 4.69) is 4.98 Å². The summed E-state index contributed by atoms with van der Waals surface area (Å²) in [4.78, 5) is 39.9. The highest BCUT2D eigenvalue weighted by atomic mass is 32.2. The summed E-state index contributed by atoms with van der Waals surface area (Å²) in [7, 11) is -3.85. The van der Waals surface area contributed by atoms with Crippen LogP contribution in [0.25, 0.3) is 16.6 Å². The van der Waals surface area contributed by atoms with E-state index < -0.39 is 56.4 Å². The van der Waals surface area contributed by atoms with Crippen LogP contribution in [0.3, 0.4) is 0 Å². The van der Waals surface area contributed by atoms with Crippen LogP contribution in [0.1, 0.15) is 11.1 Å². The van der Waals surface area contributed by atoms with Crippen molar-refractivity contribution >= 4 is 37.9 Å². The number of benzene rings is 2. The molecule has 0 saturated carbocycles. The Morgan fingerprint density at radius 1 is 1.09 bits per heavy atom. The van der Waals surface area contributed by atoms with Gasteiger partial charge in [0.05, 0.1) is 10.9 Å². The third kappa shape index (κ3) is 4.41. The van der Waals surface area contributed by atoms with Crippen LogP contribution >= 0.6 is 11.3 Å². The van der Waals surface area contributed by atoms with Crippen LogP contribution in [-0.4, -0.2) is 29.5 Å². The first-order valence-electron chi connectivity index (χ1n) is 9.59. The molecule has 0 unspecified atom stereocenters. The van der Waals surface area contributed by atoms with Crippen LogP contribution in [0.2, 0.25) is 0 Å². The topological polar surface area (TPSA) is 106 Å². The minimum absolute atomic E-state index is 0.0219. The molecule has 2 aromatic heterocycles. The predicted octanol–water partition coefficient (Wildman–Crippen LogP) is 2.91. The number of rotatable bonds is 6. The molecule has 0 aliphatic heterocycles. The molecule has 0 bridgehead atoms. The average Bonchev–Trinajstić information content (AvgIpc) is 3.25. The lowest BCUT2D eigenvalue weighted by Crippen LogP contribution is -2.35. The number of halogens is 2. The first kappa shape index (κ1) is 22.7. The van der Waals surface area contributed by atoms with Crippen molar-refractivity contribution in [3.05, 3.63) is 91.4 Å². The number of nitrogens with one attached hydrogen (secondary N) is 1. The molecular formula is C22H16F2N2O5S2. The maximum Gasteiger partial charge on any atom is 0.333 e. The van der Waals surface area contributed by atoms with E-state index >= 15 is 0 Å². The van der Waals surface area contributed by atoms with Gasteiger partial charge in [0.2, 0.25) is 0 Å². The lowest BCUT2D eigenvalue weighted by molar-refractivity contribution is -0.116. The molecule has 0 spiro atoms. The summed E-state index contributed by atoms with van der Waals surface area (Å²) in [6.07, 6.45) is -0.541. The number of carbonyl (C=O) groups is 1. The normalized spacial score (nSPS) is 11.7. The second kappa shape index (κ2) is 8.49. The molecule has 0 saturated heterocycles. The van der Waals surface area contributed by atoms with E-state index in [1.165, 1.54) is 18.2 Å². The van der Waals surface area contributed by atoms with Crippen molar-refractivity contribution in [2.24, 2.45) is 0 Å². The molecule has 170 valence electrons. The summed E-state index contributed by atoms with van der Waals surface area (Å²) < 4.78 is 54.6. The van der Waals surface area contributed by atoms with E-state index in [9.17, 15) is 31.6 Å². The first-order valence-corrected chi connectivity index (χ1v) is 12.1. The van der Waals surface area contributed by atoms with Gasteiger partial charge in [-0.15, -0.1) is 11.3 Å². The number of sulfone groups is 1. The zero-order chi connectivity index (χ0) is 23.9. The molecule has 0 amide bonds. The predicted molar refractivity (Wildman–Crippen MR) is 120 cm³/mol. The minimum atomic E-state index is -3.85. The number of H-pyrrole nitrogens is 1. The molecule has 2 aromatic carbocycles. The number of nitrogens with zero attached hydrogens (tertiary/aromatic N) is 1. The molecule has 0 aliphatic carbocycles. The van der Waals surface area contributed by atoms with Gasteiger partial charge in [-0.25, -0.2) is 26.6 Å². The Kier molecular flexibility index (Phi) is 5.85. The van der Waals surface area contributed by atoms with Gasteiger partial charge >= 0.3 is 5.69 Å². The largest absolute Gasteiger partial charge is 0.333 e. The van der Waals surface area contributed by atoms with Crippen molar-refractivity contribution in [3.63, 3.8) is 0 Å². The van der Waals surface area contributed by atoms with Gasteiger partial charge in [-0.2, -0.15) is 0 Å². The number of Topliss-reactive ketones (excluding diaryl/α,β-unsaturated/α-hetero) is 1. The molecule has 11 heteroatoms. The molecular weight excluding hydrogens is 474 g/mol. The molecule has 1 N–H and O–H groups in total. The second-order valence-electron chi connectivity index (χ2n) is 7.43. The number of carbonyl (C=O) groups excluding carboxylic acids is 1. The zero-order valence-electron chi connectivity index (χ0n) is 17.1. The van der Waals surface area contributed by atoms with E-state index in [1.807, 2.05) is 0 Å². The standard InChI is InChI=1S/C22H16F2N2O5S2/c1-12-4-5-15-18(7-12)25-22(29)26(21(15)28)20-16(23)9-13(10-17(20)24)8-14(27)11-33(30,31)19-3-2-6-32-19/h2-7,9-10H,8,11H2,1H3,(H,25,29). The summed E-state index contributed by atoms with van der Waals surface area (Å²) in [6, 6.07) is 9.13. The maximum absolute atomic E-state index is 14.9.